The lowest BCUT2D eigenvalue weighted by atomic mass is 10.1. The lowest BCUT2D eigenvalue weighted by molar-refractivity contribution is 1.36. The van der Waals surface area contributed by atoms with Crippen molar-refractivity contribution in [3.8, 4) is 6.07 Å². The number of nitrogens with zero attached hydrogens (tertiary/aromatic N) is 2. The topological polar surface area (TPSA) is 74.7 Å². The van der Waals surface area contributed by atoms with Crippen LogP contribution in [0.15, 0.2) is 54.7 Å². The van der Waals surface area contributed by atoms with Gasteiger partial charge in [0, 0.05) is 23.0 Å². The van der Waals surface area contributed by atoms with Crippen molar-refractivity contribution in [3.63, 3.8) is 0 Å². The van der Waals surface area contributed by atoms with Gasteiger partial charge in [-0.1, -0.05) is 18.2 Å². The van der Waals surface area contributed by atoms with E-state index in [4.69, 9.17) is 5.73 Å². The van der Waals surface area contributed by atoms with E-state index >= 15 is 0 Å². The number of para-hydroxylation sites is 1. The standard InChI is InChI=1S/C16H12N4/c17-9-11-10-19-15-7-6-12(18)8-14(15)16(11)20-13-4-2-1-3-5-13/h1-8,10H,18H2,(H,19,20). The molecule has 0 saturated carbocycles. The Hall–Kier alpha value is -3.06. The van der Waals surface area contributed by atoms with Gasteiger partial charge in [0.15, 0.2) is 0 Å². The van der Waals surface area contributed by atoms with Gasteiger partial charge >= 0.3 is 0 Å². The predicted molar refractivity (Wildman–Crippen MR) is 80.6 cm³/mol. The molecule has 0 atom stereocenters. The Bertz CT molecular complexity index is 804. The number of hydrogen-bond donors (Lipinski definition) is 2. The molecule has 0 spiro atoms. The Kier molecular flexibility index (Phi) is 2.94. The predicted octanol–water partition coefficient (Wildman–Crippen LogP) is 3.43. The van der Waals surface area contributed by atoms with Crippen molar-refractivity contribution in [1.82, 2.24) is 4.98 Å². The molecule has 1 heterocycles. The van der Waals surface area contributed by atoms with E-state index in [0.717, 1.165) is 22.3 Å². The molecule has 0 bridgehead atoms. The van der Waals surface area contributed by atoms with Crippen LogP contribution in [0.1, 0.15) is 5.56 Å². The monoisotopic (exact) mass is 260 g/mol. The summed E-state index contributed by atoms with van der Waals surface area (Å²) in [5, 5.41) is 13.4. The molecule has 4 heteroatoms. The van der Waals surface area contributed by atoms with Crippen LogP contribution in [-0.4, -0.2) is 4.98 Å². The molecule has 0 aliphatic rings. The molecule has 3 aromatic rings. The molecule has 2 aromatic carbocycles. The summed E-state index contributed by atoms with van der Waals surface area (Å²) < 4.78 is 0. The first-order chi connectivity index (χ1) is 9.78. The van der Waals surface area contributed by atoms with Crippen LogP contribution in [0.2, 0.25) is 0 Å². The summed E-state index contributed by atoms with van der Waals surface area (Å²) in [5.41, 5.74) is 9.43. The number of anilines is 3. The Morgan fingerprint density at radius 2 is 1.90 bits per heavy atom. The molecule has 3 rings (SSSR count). The van der Waals surface area contributed by atoms with Crippen molar-refractivity contribution >= 4 is 28.0 Å². The Balaban J connectivity index is 2.21. The first kappa shape index (κ1) is 12.0. The maximum atomic E-state index is 9.26. The van der Waals surface area contributed by atoms with Gasteiger partial charge in [0.1, 0.15) is 6.07 Å². The summed E-state index contributed by atoms with van der Waals surface area (Å²) >= 11 is 0. The number of hydrogen-bond acceptors (Lipinski definition) is 4. The Labute approximate surface area is 116 Å². The van der Waals surface area contributed by atoms with Crippen LogP contribution in [-0.2, 0) is 0 Å². The highest BCUT2D eigenvalue weighted by Gasteiger charge is 2.09. The van der Waals surface area contributed by atoms with Gasteiger partial charge in [0.2, 0.25) is 0 Å². The Morgan fingerprint density at radius 3 is 2.65 bits per heavy atom. The smallest absolute Gasteiger partial charge is 0.103 e. The minimum Gasteiger partial charge on any atom is -0.399 e. The number of aromatic nitrogens is 1. The number of pyridine rings is 1. The van der Waals surface area contributed by atoms with Gasteiger partial charge < -0.3 is 11.1 Å². The maximum absolute atomic E-state index is 9.26. The summed E-state index contributed by atoms with van der Waals surface area (Å²) in [4.78, 5) is 4.28. The van der Waals surface area contributed by atoms with E-state index in [0.29, 0.717) is 11.3 Å². The largest absolute Gasteiger partial charge is 0.399 e. The van der Waals surface area contributed by atoms with Crippen LogP contribution in [0.3, 0.4) is 0 Å². The van der Waals surface area contributed by atoms with Gasteiger partial charge in [-0.05, 0) is 30.3 Å². The average Bonchev–Trinajstić information content (AvgIpc) is 2.49. The third-order valence-electron chi connectivity index (χ3n) is 3.06. The fourth-order valence-electron chi connectivity index (χ4n) is 2.10. The highest BCUT2D eigenvalue weighted by Crippen LogP contribution is 2.29. The van der Waals surface area contributed by atoms with E-state index in [1.807, 2.05) is 42.5 Å². The van der Waals surface area contributed by atoms with Crippen molar-refractivity contribution in [1.29, 1.82) is 5.26 Å². The summed E-state index contributed by atoms with van der Waals surface area (Å²) in [6.45, 7) is 0. The van der Waals surface area contributed by atoms with Crippen LogP contribution < -0.4 is 11.1 Å². The second-order valence-electron chi connectivity index (χ2n) is 4.43. The number of benzene rings is 2. The van der Waals surface area contributed by atoms with Crippen LogP contribution in [0.5, 0.6) is 0 Å². The van der Waals surface area contributed by atoms with E-state index < -0.39 is 0 Å². The molecule has 4 nitrogen and oxygen atoms in total. The fourth-order valence-corrected chi connectivity index (χ4v) is 2.10. The van der Waals surface area contributed by atoms with Crippen molar-refractivity contribution in [3.05, 3.63) is 60.3 Å². The van der Waals surface area contributed by atoms with E-state index in [1.165, 1.54) is 0 Å². The molecular formula is C16H12N4. The average molecular weight is 260 g/mol. The van der Waals surface area contributed by atoms with Gasteiger partial charge in [0.05, 0.1) is 16.8 Å². The molecule has 0 aliphatic heterocycles. The summed E-state index contributed by atoms with van der Waals surface area (Å²) in [6, 6.07) is 17.3. The van der Waals surface area contributed by atoms with Gasteiger partial charge in [-0.15, -0.1) is 0 Å². The van der Waals surface area contributed by atoms with E-state index in [9.17, 15) is 5.26 Å². The van der Waals surface area contributed by atoms with E-state index in [1.54, 1.807) is 12.3 Å². The lowest BCUT2D eigenvalue weighted by Gasteiger charge is -2.11. The normalized spacial score (nSPS) is 10.2. The second kappa shape index (κ2) is 4.90. The van der Waals surface area contributed by atoms with Crippen LogP contribution in [0.4, 0.5) is 17.1 Å². The first-order valence-electron chi connectivity index (χ1n) is 6.18. The molecule has 0 fully saturated rings. The minimum atomic E-state index is 0.493. The minimum absolute atomic E-state index is 0.493. The van der Waals surface area contributed by atoms with Gasteiger partial charge in [-0.3, -0.25) is 4.98 Å². The second-order valence-corrected chi connectivity index (χ2v) is 4.43. The molecule has 20 heavy (non-hydrogen) atoms. The summed E-state index contributed by atoms with van der Waals surface area (Å²) in [5.74, 6) is 0. The maximum Gasteiger partial charge on any atom is 0.103 e. The number of nitriles is 1. The quantitative estimate of drug-likeness (QED) is 0.692. The lowest BCUT2D eigenvalue weighted by Crippen LogP contribution is -1.97. The molecule has 0 saturated heterocycles. The number of fused-ring (bicyclic) bond motifs is 1. The highest BCUT2D eigenvalue weighted by atomic mass is 14.9. The van der Waals surface area contributed by atoms with Crippen molar-refractivity contribution in [2.75, 3.05) is 11.1 Å². The SMILES string of the molecule is N#Cc1cnc2ccc(N)cc2c1Nc1ccccc1. The Morgan fingerprint density at radius 1 is 1.10 bits per heavy atom. The molecule has 1 aromatic heterocycles. The van der Waals surface area contributed by atoms with Crippen molar-refractivity contribution in [2.45, 2.75) is 0 Å². The molecule has 0 aliphatic carbocycles. The number of rotatable bonds is 2. The molecule has 0 radical (unpaired) electrons. The molecular weight excluding hydrogens is 248 g/mol. The third-order valence-corrected chi connectivity index (χ3v) is 3.06. The van der Waals surface area contributed by atoms with E-state index in [2.05, 4.69) is 16.4 Å². The van der Waals surface area contributed by atoms with E-state index in [-0.39, 0.29) is 0 Å². The zero-order chi connectivity index (χ0) is 13.9. The molecule has 96 valence electrons. The fraction of sp³-hybridized carbons (Fsp3) is 0. The zero-order valence-electron chi connectivity index (χ0n) is 10.7. The van der Waals surface area contributed by atoms with Crippen molar-refractivity contribution < 1.29 is 0 Å². The third kappa shape index (κ3) is 2.13. The summed E-state index contributed by atoms with van der Waals surface area (Å²) in [6.07, 6.45) is 1.57. The highest BCUT2D eigenvalue weighted by molar-refractivity contribution is 5.97. The van der Waals surface area contributed by atoms with Crippen LogP contribution in [0.25, 0.3) is 10.9 Å². The number of nitrogens with two attached hydrogens (primary N) is 1. The number of nitrogens with one attached hydrogen (secondary N) is 1. The van der Waals surface area contributed by atoms with Gasteiger partial charge in [-0.25, -0.2) is 0 Å². The molecule has 3 N–H and O–H groups in total. The molecule has 0 amide bonds. The summed E-state index contributed by atoms with van der Waals surface area (Å²) in [7, 11) is 0. The van der Waals surface area contributed by atoms with Crippen molar-refractivity contribution in [2.24, 2.45) is 0 Å². The molecule has 0 unspecified atom stereocenters. The van der Waals surface area contributed by atoms with Gasteiger partial charge in [0.25, 0.3) is 0 Å². The first-order valence-corrected chi connectivity index (χ1v) is 6.18. The zero-order valence-corrected chi connectivity index (χ0v) is 10.7. The number of nitrogen functional groups attached to an aromatic ring is 1. The van der Waals surface area contributed by atoms with Crippen LogP contribution >= 0.6 is 0 Å². The van der Waals surface area contributed by atoms with Gasteiger partial charge in [-0.2, -0.15) is 5.26 Å². The van der Waals surface area contributed by atoms with Crippen LogP contribution in [0, 0.1) is 11.3 Å².